The van der Waals surface area contributed by atoms with Gasteiger partial charge in [0.1, 0.15) is 5.82 Å². The maximum atomic E-state index is 12.9. The van der Waals surface area contributed by atoms with E-state index in [1.807, 2.05) is 9.47 Å². The van der Waals surface area contributed by atoms with Crippen LogP contribution >= 0.6 is 0 Å². The van der Waals surface area contributed by atoms with Crippen LogP contribution in [0, 0.1) is 0 Å². The Labute approximate surface area is 153 Å². The van der Waals surface area contributed by atoms with Crippen LogP contribution in [0.3, 0.4) is 0 Å². The van der Waals surface area contributed by atoms with Gasteiger partial charge < -0.3 is 4.90 Å². The van der Waals surface area contributed by atoms with E-state index in [4.69, 9.17) is 4.98 Å². The normalized spacial score (nSPS) is 18.3. The van der Waals surface area contributed by atoms with Crippen LogP contribution in [0.15, 0.2) is 23.0 Å². The molecule has 1 saturated heterocycles. The third-order valence-electron chi connectivity index (χ3n) is 5.64. The minimum Gasteiger partial charge on any atom is -0.339 e. The fourth-order valence-corrected chi connectivity index (χ4v) is 4.02. The highest BCUT2D eigenvalue weighted by molar-refractivity contribution is 5.97. The summed E-state index contributed by atoms with van der Waals surface area (Å²) in [5, 5.41) is 0.602. The fraction of sp³-hybridized carbons (Fsp3) is 0.550. The van der Waals surface area contributed by atoms with Crippen molar-refractivity contribution in [3.8, 4) is 0 Å². The largest absolute Gasteiger partial charge is 0.339 e. The average Bonchev–Trinajstić information content (AvgIpc) is 3.08. The van der Waals surface area contributed by atoms with Crippen molar-refractivity contribution < 1.29 is 4.79 Å². The van der Waals surface area contributed by atoms with Gasteiger partial charge in [0.15, 0.2) is 0 Å². The molecule has 0 radical (unpaired) electrons. The number of fused-ring (bicyclic) bond motifs is 2. The first-order chi connectivity index (χ1) is 12.5. The molecule has 4 rings (SSSR count). The quantitative estimate of drug-likeness (QED) is 0.826. The summed E-state index contributed by atoms with van der Waals surface area (Å²) in [5.74, 6) is 0.878. The molecule has 2 aliphatic rings. The first-order valence-corrected chi connectivity index (χ1v) is 9.61. The number of likely N-dealkylation sites (tertiary alicyclic amines) is 1. The van der Waals surface area contributed by atoms with Crippen molar-refractivity contribution in [2.75, 3.05) is 26.2 Å². The molecular weight excluding hydrogens is 328 g/mol. The van der Waals surface area contributed by atoms with E-state index in [0.29, 0.717) is 29.1 Å². The molecule has 1 fully saturated rings. The molecule has 26 heavy (non-hydrogen) atoms. The molecule has 0 atom stereocenters. The van der Waals surface area contributed by atoms with Crippen LogP contribution in [-0.2, 0) is 13.0 Å². The van der Waals surface area contributed by atoms with Gasteiger partial charge in [0, 0.05) is 50.7 Å². The number of benzene rings is 1. The number of carbonyl (C=O) groups is 1. The van der Waals surface area contributed by atoms with E-state index in [-0.39, 0.29) is 11.5 Å². The molecule has 6 nitrogen and oxygen atoms in total. The summed E-state index contributed by atoms with van der Waals surface area (Å²) < 4.78 is 1.81. The summed E-state index contributed by atoms with van der Waals surface area (Å²) in [6, 6.07) is 5.80. The zero-order valence-electron chi connectivity index (χ0n) is 15.6. The standard InChI is InChI=1S/C20H26N4O2/c1-14(2)22-10-7-18-21-17-13-15(19(25)23-8-3-4-9-23)5-6-16(17)20(26)24(18)12-11-22/h5-6,13-14H,3-4,7-12H2,1-2H3. The summed E-state index contributed by atoms with van der Waals surface area (Å²) in [7, 11) is 0. The van der Waals surface area contributed by atoms with Crippen molar-refractivity contribution in [2.45, 2.75) is 45.7 Å². The third kappa shape index (κ3) is 3.03. The van der Waals surface area contributed by atoms with Gasteiger partial charge in [-0.3, -0.25) is 19.1 Å². The minimum atomic E-state index is 0.00998. The Morgan fingerprint density at radius 3 is 2.58 bits per heavy atom. The lowest BCUT2D eigenvalue weighted by atomic mass is 10.1. The van der Waals surface area contributed by atoms with Crippen LogP contribution < -0.4 is 5.56 Å². The van der Waals surface area contributed by atoms with Crippen LogP contribution in [0.2, 0.25) is 0 Å². The van der Waals surface area contributed by atoms with Gasteiger partial charge in [-0.05, 0) is 44.9 Å². The molecule has 0 aliphatic carbocycles. The summed E-state index contributed by atoms with van der Waals surface area (Å²) >= 11 is 0. The molecule has 138 valence electrons. The molecule has 1 aromatic heterocycles. The van der Waals surface area contributed by atoms with E-state index < -0.39 is 0 Å². The van der Waals surface area contributed by atoms with Gasteiger partial charge in [-0.2, -0.15) is 0 Å². The predicted octanol–water partition coefficient (Wildman–Crippen LogP) is 1.90. The molecular formula is C20H26N4O2. The number of amides is 1. The number of hydrogen-bond donors (Lipinski definition) is 0. The van der Waals surface area contributed by atoms with Crippen LogP contribution in [0.4, 0.5) is 0 Å². The Morgan fingerprint density at radius 2 is 1.85 bits per heavy atom. The molecule has 0 unspecified atom stereocenters. The molecule has 2 aromatic rings. The van der Waals surface area contributed by atoms with Crippen LogP contribution in [0.5, 0.6) is 0 Å². The number of nitrogens with zero attached hydrogens (tertiary/aromatic N) is 4. The Balaban J connectivity index is 1.72. The minimum absolute atomic E-state index is 0.00998. The average molecular weight is 354 g/mol. The first-order valence-electron chi connectivity index (χ1n) is 9.61. The van der Waals surface area contributed by atoms with Gasteiger partial charge in [0.2, 0.25) is 0 Å². The second-order valence-electron chi connectivity index (χ2n) is 7.60. The van der Waals surface area contributed by atoms with Crippen molar-refractivity contribution in [3.05, 3.63) is 39.9 Å². The number of rotatable bonds is 2. The summed E-state index contributed by atoms with van der Waals surface area (Å²) in [6.07, 6.45) is 2.89. The number of hydrogen-bond acceptors (Lipinski definition) is 4. The topological polar surface area (TPSA) is 58.4 Å². The zero-order chi connectivity index (χ0) is 18.3. The summed E-state index contributed by atoms with van der Waals surface area (Å²) in [6.45, 7) is 8.44. The molecule has 6 heteroatoms. The number of aromatic nitrogens is 2. The van der Waals surface area contributed by atoms with Gasteiger partial charge in [-0.15, -0.1) is 0 Å². The highest BCUT2D eigenvalue weighted by Gasteiger charge is 2.22. The molecule has 0 spiro atoms. The lowest BCUT2D eigenvalue weighted by Crippen LogP contribution is -2.34. The summed E-state index contributed by atoms with van der Waals surface area (Å²) in [5.41, 5.74) is 1.29. The van der Waals surface area contributed by atoms with Crippen molar-refractivity contribution in [1.82, 2.24) is 19.4 Å². The zero-order valence-corrected chi connectivity index (χ0v) is 15.6. The second-order valence-corrected chi connectivity index (χ2v) is 7.60. The lowest BCUT2D eigenvalue weighted by Gasteiger charge is -2.23. The van der Waals surface area contributed by atoms with E-state index in [1.165, 1.54) is 0 Å². The first kappa shape index (κ1) is 17.2. The van der Waals surface area contributed by atoms with E-state index in [9.17, 15) is 9.59 Å². The smallest absolute Gasteiger partial charge is 0.261 e. The maximum absolute atomic E-state index is 12.9. The molecule has 0 N–H and O–H groups in total. The van der Waals surface area contributed by atoms with Crippen LogP contribution in [0.1, 0.15) is 42.9 Å². The van der Waals surface area contributed by atoms with E-state index >= 15 is 0 Å². The molecule has 1 amide bonds. The molecule has 2 aliphatic heterocycles. The van der Waals surface area contributed by atoms with Crippen molar-refractivity contribution >= 4 is 16.8 Å². The third-order valence-corrected chi connectivity index (χ3v) is 5.64. The van der Waals surface area contributed by atoms with Gasteiger partial charge in [-0.25, -0.2) is 4.98 Å². The van der Waals surface area contributed by atoms with Crippen molar-refractivity contribution in [3.63, 3.8) is 0 Å². The predicted molar refractivity (Wildman–Crippen MR) is 102 cm³/mol. The maximum Gasteiger partial charge on any atom is 0.261 e. The van der Waals surface area contributed by atoms with E-state index in [2.05, 4.69) is 18.7 Å². The Bertz CT molecular complexity index is 897. The highest BCUT2D eigenvalue weighted by atomic mass is 16.2. The number of carbonyl (C=O) groups excluding carboxylic acids is 1. The SMILES string of the molecule is CC(C)N1CCc2nc3cc(C(=O)N4CCCC4)ccc3c(=O)n2CC1. The molecule has 3 heterocycles. The molecule has 0 bridgehead atoms. The van der Waals surface area contributed by atoms with Gasteiger partial charge >= 0.3 is 0 Å². The Kier molecular flexibility index (Phi) is 4.53. The Hall–Kier alpha value is -2.21. The van der Waals surface area contributed by atoms with E-state index in [1.54, 1.807) is 18.2 Å². The van der Waals surface area contributed by atoms with E-state index in [0.717, 1.165) is 51.3 Å². The van der Waals surface area contributed by atoms with Crippen LogP contribution in [-0.4, -0.2) is 57.5 Å². The lowest BCUT2D eigenvalue weighted by molar-refractivity contribution is 0.0793. The monoisotopic (exact) mass is 354 g/mol. The van der Waals surface area contributed by atoms with Crippen LogP contribution in [0.25, 0.3) is 10.9 Å². The fourth-order valence-electron chi connectivity index (χ4n) is 4.02. The molecule has 0 saturated carbocycles. The highest BCUT2D eigenvalue weighted by Crippen LogP contribution is 2.18. The van der Waals surface area contributed by atoms with Crippen molar-refractivity contribution in [2.24, 2.45) is 0 Å². The van der Waals surface area contributed by atoms with Gasteiger partial charge in [0.25, 0.3) is 11.5 Å². The van der Waals surface area contributed by atoms with Gasteiger partial charge in [0.05, 0.1) is 10.9 Å². The summed E-state index contributed by atoms with van der Waals surface area (Å²) in [4.78, 5) is 34.6. The van der Waals surface area contributed by atoms with Crippen molar-refractivity contribution in [1.29, 1.82) is 0 Å². The second kappa shape index (κ2) is 6.83. The van der Waals surface area contributed by atoms with Gasteiger partial charge in [-0.1, -0.05) is 0 Å². The Morgan fingerprint density at radius 1 is 1.08 bits per heavy atom. The molecule has 1 aromatic carbocycles.